The molecule has 1 heterocycles. The number of nitrogens with zero attached hydrogens (tertiary/aromatic N) is 1. The summed E-state index contributed by atoms with van der Waals surface area (Å²) in [6.07, 6.45) is 3.23. The minimum absolute atomic E-state index is 0.0493. The molecule has 1 saturated carbocycles. The zero-order chi connectivity index (χ0) is 13.9. The number of carbonyl (C=O) groups is 2. The fraction of sp³-hybridized carbons (Fsp3) is 0.214. The first-order valence-corrected chi connectivity index (χ1v) is 6.44. The van der Waals surface area contributed by atoms with E-state index in [9.17, 15) is 9.59 Å². The van der Waals surface area contributed by atoms with Gasteiger partial charge >= 0.3 is 0 Å². The number of benzene rings is 1. The minimum Gasteiger partial charge on any atom is -0.277 e. The molecule has 20 heavy (non-hydrogen) atoms. The van der Waals surface area contributed by atoms with Crippen molar-refractivity contribution in [2.75, 3.05) is 0 Å². The van der Waals surface area contributed by atoms with Gasteiger partial charge in [0.25, 0.3) is 5.91 Å². The lowest BCUT2D eigenvalue weighted by molar-refractivity contribution is -0.123. The molecule has 6 nitrogen and oxygen atoms in total. The molecule has 0 atom stereocenters. The summed E-state index contributed by atoms with van der Waals surface area (Å²) in [4.78, 5) is 23.5. The van der Waals surface area contributed by atoms with Crippen molar-refractivity contribution >= 4 is 11.8 Å². The average molecular weight is 270 g/mol. The van der Waals surface area contributed by atoms with Crippen molar-refractivity contribution < 1.29 is 9.59 Å². The highest BCUT2D eigenvalue weighted by atomic mass is 16.2. The molecule has 1 aliphatic carbocycles. The quantitative estimate of drug-likeness (QED) is 0.733. The van der Waals surface area contributed by atoms with Gasteiger partial charge in [-0.2, -0.15) is 5.10 Å². The van der Waals surface area contributed by atoms with Gasteiger partial charge in [0.2, 0.25) is 5.91 Å². The van der Waals surface area contributed by atoms with E-state index in [1.807, 2.05) is 30.3 Å². The van der Waals surface area contributed by atoms with E-state index in [0.717, 1.165) is 18.4 Å². The number of amides is 2. The number of nitrogens with one attached hydrogen (secondary N) is 3. The molecule has 1 aliphatic rings. The number of carbonyl (C=O) groups excluding carboxylic acids is 2. The predicted octanol–water partition coefficient (Wildman–Crippen LogP) is 1.25. The first-order chi connectivity index (χ1) is 9.75. The Balaban J connectivity index is 1.72. The molecule has 0 unspecified atom stereocenters. The molecule has 0 bridgehead atoms. The summed E-state index contributed by atoms with van der Waals surface area (Å²) in [6.45, 7) is 0. The van der Waals surface area contributed by atoms with Crippen LogP contribution in [0.1, 0.15) is 23.2 Å². The van der Waals surface area contributed by atoms with E-state index in [1.54, 1.807) is 0 Å². The van der Waals surface area contributed by atoms with Crippen molar-refractivity contribution in [2.24, 2.45) is 5.92 Å². The van der Waals surface area contributed by atoms with Crippen LogP contribution in [-0.2, 0) is 4.79 Å². The molecule has 102 valence electrons. The number of hydrogen-bond donors (Lipinski definition) is 3. The van der Waals surface area contributed by atoms with Crippen molar-refractivity contribution in [3.05, 3.63) is 42.1 Å². The predicted molar refractivity (Wildman–Crippen MR) is 72.4 cm³/mol. The third-order valence-electron chi connectivity index (χ3n) is 3.19. The molecule has 0 radical (unpaired) electrons. The molecule has 3 rings (SSSR count). The van der Waals surface area contributed by atoms with Crippen LogP contribution in [-0.4, -0.2) is 22.0 Å². The number of aromatic nitrogens is 2. The standard InChI is InChI=1S/C14H14N4O2/c19-13(10-6-7-10)17-18-14(20)11-8-15-16-12(11)9-4-2-1-3-5-9/h1-5,8,10H,6-7H2,(H,15,16)(H,17,19)(H,18,20). The topological polar surface area (TPSA) is 86.9 Å². The van der Waals surface area contributed by atoms with E-state index in [-0.39, 0.29) is 17.7 Å². The fourth-order valence-electron chi connectivity index (χ4n) is 1.92. The molecular weight excluding hydrogens is 256 g/mol. The second kappa shape index (κ2) is 5.16. The van der Waals surface area contributed by atoms with Gasteiger partial charge in [0.1, 0.15) is 0 Å². The zero-order valence-corrected chi connectivity index (χ0v) is 10.7. The third kappa shape index (κ3) is 2.54. The van der Waals surface area contributed by atoms with E-state index in [4.69, 9.17) is 0 Å². The number of hydrogen-bond acceptors (Lipinski definition) is 3. The molecule has 2 amide bonds. The first-order valence-electron chi connectivity index (χ1n) is 6.44. The SMILES string of the molecule is O=C(NNC(=O)C1CC1)c1cn[nH]c1-c1ccccc1. The van der Waals surface area contributed by atoms with Crippen LogP contribution in [0.4, 0.5) is 0 Å². The van der Waals surface area contributed by atoms with Gasteiger partial charge in [-0.1, -0.05) is 30.3 Å². The summed E-state index contributed by atoms with van der Waals surface area (Å²) in [5, 5.41) is 6.70. The van der Waals surface area contributed by atoms with Crippen molar-refractivity contribution in [2.45, 2.75) is 12.8 Å². The van der Waals surface area contributed by atoms with E-state index in [0.29, 0.717) is 11.3 Å². The number of H-pyrrole nitrogens is 1. The summed E-state index contributed by atoms with van der Waals surface area (Å²) < 4.78 is 0. The maximum absolute atomic E-state index is 12.1. The normalized spacial score (nSPS) is 13.8. The summed E-state index contributed by atoms with van der Waals surface area (Å²) in [5.41, 5.74) is 6.74. The van der Waals surface area contributed by atoms with E-state index >= 15 is 0 Å². The zero-order valence-electron chi connectivity index (χ0n) is 10.7. The third-order valence-corrected chi connectivity index (χ3v) is 3.19. The molecule has 2 aromatic rings. The lowest BCUT2D eigenvalue weighted by atomic mass is 10.1. The Morgan fingerprint density at radius 3 is 2.60 bits per heavy atom. The maximum atomic E-state index is 12.1. The first kappa shape index (κ1) is 12.4. The Bertz CT molecular complexity index is 632. The second-order valence-electron chi connectivity index (χ2n) is 4.74. The molecular formula is C14H14N4O2. The van der Waals surface area contributed by atoms with Gasteiger partial charge < -0.3 is 0 Å². The Labute approximate surface area is 115 Å². The lowest BCUT2D eigenvalue weighted by Gasteiger charge is -2.07. The number of hydrazine groups is 1. The summed E-state index contributed by atoms with van der Waals surface area (Å²) in [5.74, 6) is -0.469. The van der Waals surface area contributed by atoms with Crippen LogP contribution in [0.25, 0.3) is 11.3 Å². The van der Waals surface area contributed by atoms with Crippen LogP contribution in [0, 0.1) is 5.92 Å². The van der Waals surface area contributed by atoms with Crippen molar-refractivity contribution in [1.82, 2.24) is 21.0 Å². The number of aromatic amines is 1. The largest absolute Gasteiger partial charge is 0.277 e. The fourth-order valence-corrected chi connectivity index (χ4v) is 1.92. The van der Waals surface area contributed by atoms with E-state index in [1.165, 1.54) is 6.20 Å². The minimum atomic E-state index is -0.383. The monoisotopic (exact) mass is 270 g/mol. The van der Waals surface area contributed by atoms with Crippen molar-refractivity contribution in [1.29, 1.82) is 0 Å². The molecule has 0 saturated heterocycles. The summed E-state index contributed by atoms with van der Waals surface area (Å²) in [7, 11) is 0. The van der Waals surface area contributed by atoms with Gasteiger partial charge in [-0.05, 0) is 12.8 Å². The molecule has 0 spiro atoms. The smallest absolute Gasteiger partial charge is 0.273 e. The Morgan fingerprint density at radius 2 is 1.90 bits per heavy atom. The molecule has 1 aromatic heterocycles. The van der Waals surface area contributed by atoms with Gasteiger partial charge in [0.15, 0.2) is 0 Å². The summed E-state index contributed by atoms with van der Waals surface area (Å²) in [6, 6.07) is 9.43. The average Bonchev–Trinajstić information content (AvgIpc) is 3.22. The molecule has 1 fully saturated rings. The summed E-state index contributed by atoms with van der Waals surface area (Å²) >= 11 is 0. The van der Waals surface area contributed by atoms with Gasteiger partial charge in [-0.25, -0.2) is 0 Å². The Morgan fingerprint density at radius 1 is 1.15 bits per heavy atom. The van der Waals surface area contributed by atoms with E-state index in [2.05, 4.69) is 21.0 Å². The highest BCUT2D eigenvalue weighted by Gasteiger charge is 2.30. The van der Waals surface area contributed by atoms with Crippen LogP contribution in [0.3, 0.4) is 0 Å². The molecule has 6 heteroatoms. The Hall–Kier alpha value is -2.63. The van der Waals surface area contributed by atoms with Crippen LogP contribution in [0.5, 0.6) is 0 Å². The molecule has 1 aromatic carbocycles. The highest BCUT2D eigenvalue weighted by molar-refractivity contribution is 6.00. The lowest BCUT2D eigenvalue weighted by Crippen LogP contribution is -2.42. The van der Waals surface area contributed by atoms with Gasteiger partial charge in [-0.3, -0.25) is 25.5 Å². The molecule has 0 aliphatic heterocycles. The highest BCUT2D eigenvalue weighted by Crippen LogP contribution is 2.28. The van der Waals surface area contributed by atoms with Crippen molar-refractivity contribution in [3.63, 3.8) is 0 Å². The van der Waals surface area contributed by atoms with E-state index < -0.39 is 0 Å². The van der Waals surface area contributed by atoms with Crippen LogP contribution < -0.4 is 10.9 Å². The Kier molecular flexibility index (Phi) is 3.20. The maximum Gasteiger partial charge on any atom is 0.273 e. The number of rotatable bonds is 3. The van der Waals surface area contributed by atoms with Crippen LogP contribution in [0.15, 0.2) is 36.5 Å². The van der Waals surface area contributed by atoms with Crippen LogP contribution in [0.2, 0.25) is 0 Å². The molecule has 3 N–H and O–H groups in total. The van der Waals surface area contributed by atoms with Gasteiger partial charge in [0, 0.05) is 11.5 Å². The van der Waals surface area contributed by atoms with Gasteiger partial charge in [0.05, 0.1) is 17.5 Å². The van der Waals surface area contributed by atoms with Gasteiger partial charge in [-0.15, -0.1) is 0 Å². The van der Waals surface area contributed by atoms with Crippen LogP contribution >= 0.6 is 0 Å². The van der Waals surface area contributed by atoms with Crippen molar-refractivity contribution in [3.8, 4) is 11.3 Å². The second-order valence-corrected chi connectivity index (χ2v) is 4.74.